The highest BCUT2D eigenvalue weighted by molar-refractivity contribution is 6.28. The molecule has 0 N–H and O–H groups in total. The molecule has 0 aliphatic rings. The lowest BCUT2D eigenvalue weighted by Gasteiger charge is -2.17. The normalized spacial score (nSPS) is 11.8. The molecule has 3 aromatic rings. The SMILES string of the molecule is CC(C)(C)c1nc(Cl)nc(-c2ccc3ccccc3c2)n1. The Bertz CT molecular complexity index is 806. The van der Waals surface area contributed by atoms with Crippen molar-refractivity contribution in [1.29, 1.82) is 0 Å². The quantitative estimate of drug-likeness (QED) is 0.656. The van der Waals surface area contributed by atoms with E-state index in [0.29, 0.717) is 11.6 Å². The van der Waals surface area contributed by atoms with Crippen molar-refractivity contribution in [2.24, 2.45) is 0 Å². The molecule has 4 heteroatoms. The molecule has 0 aliphatic heterocycles. The summed E-state index contributed by atoms with van der Waals surface area (Å²) in [6.45, 7) is 6.18. The van der Waals surface area contributed by atoms with E-state index in [1.807, 2.05) is 18.2 Å². The van der Waals surface area contributed by atoms with Crippen LogP contribution in [0.4, 0.5) is 0 Å². The molecule has 0 saturated carbocycles. The number of aromatic nitrogens is 3. The fourth-order valence-corrected chi connectivity index (χ4v) is 2.30. The molecule has 0 atom stereocenters. The molecule has 3 nitrogen and oxygen atoms in total. The van der Waals surface area contributed by atoms with Gasteiger partial charge in [0.15, 0.2) is 5.82 Å². The maximum Gasteiger partial charge on any atom is 0.226 e. The molecular weight excluding hydrogens is 282 g/mol. The Morgan fingerprint density at radius 3 is 2.29 bits per heavy atom. The molecule has 0 radical (unpaired) electrons. The molecular formula is C17H16ClN3. The fraction of sp³-hybridized carbons (Fsp3) is 0.235. The molecule has 2 aromatic carbocycles. The van der Waals surface area contributed by atoms with E-state index in [-0.39, 0.29) is 10.7 Å². The molecule has 3 rings (SSSR count). The molecule has 0 saturated heterocycles. The highest BCUT2D eigenvalue weighted by Crippen LogP contribution is 2.25. The summed E-state index contributed by atoms with van der Waals surface area (Å²) in [6, 6.07) is 14.4. The first kappa shape index (κ1) is 14.0. The van der Waals surface area contributed by atoms with E-state index in [1.165, 1.54) is 5.39 Å². The summed E-state index contributed by atoms with van der Waals surface area (Å²) < 4.78 is 0. The number of nitrogens with zero attached hydrogens (tertiary/aromatic N) is 3. The van der Waals surface area contributed by atoms with Crippen LogP contribution in [0.25, 0.3) is 22.2 Å². The van der Waals surface area contributed by atoms with Gasteiger partial charge in [0.1, 0.15) is 5.82 Å². The van der Waals surface area contributed by atoms with Gasteiger partial charge in [-0.25, -0.2) is 9.97 Å². The average molecular weight is 298 g/mol. The Morgan fingerprint density at radius 2 is 1.57 bits per heavy atom. The van der Waals surface area contributed by atoms with Crippen molar-refractivity contribution in [3.63, 3.8) is 0 Å². The summed E-state index contributed by atoms with van der Waals surface area (Å²) in [5.74, 6) is 1.32. The van der Waals surface area contributed by atoms with Crippen LogP contribution in [0.5, 0.6) is 0 Å². The van der Waals surface area contributed by atoms with Crippen LogP contribution in [0.3, 0.4) is 0 Å². The maximum absolute atomic E-state index is 6.06. The number of rotatable bonds is 1. The lowest BCUT2D eigenvalue weighted by molar-refractivity contribution is 0.542. The first-order chi connectivity index (χ1) is 9.93. The summed E-state index contributed by atoms with van der Waals surface area (Å²) in [6.07, 6.45) is 0. The second-order valence-electron chi connectivity index (χ2n) is 6.06. The number of benzene rings is 2. The zero-order chi connectivity index (χ0) is 15.0. The predicted octanol–water partition coefficient (Wildman–Crippen LogP) is 4.64. The van der Waals surface area contributed by atoms with Crippen molar-refractivity contribution in [2.45, 2.75) is 26.2 Å². The molecule has 1 heterocycles. The van der Waals surface area contributed by atoms with E-state index in [0.717, 1.165) is 10.9 Å². The average Bonchev–Trinajstić information content (AvgIpc) is 2.45. The molecule has 0 fully saturated rings. The van der Waals surface area contributed by atoms with Gasteiger partial charge in [-0.3, -0.25) is 0 Å². The largest absolute Gasteiger partial charge is 0.226 e. The highest BCUT2D eigenvalue weighted by atomic mass is 35.5. The van der Waals surface area contributed by atoms with E-state index in [2.05, 4.69) is 60.0 Å². The monoisotopic (exact) mass is 297 g/mol. The van der Waals surface area contributed by atoms with Gasteiger partial charge in [0, 0.05) is 11.0 Å². The van der Waals surface area contributed by atoms with Crippen molar-refractivity contribution in [2.75, 3.05) is 0 Å². The minimum atomic E-state index is -0.168. The summed E-state index contributed by atoms with van der Waals surface area (Å²) in [4.78, 5) is 13.1. The smallest absolute Gasteiger partial charge is 0.212 e. The number of halogens is 1. The van der Waals surface area contributed by atoms with Gasteiger partial charge >= 0.3 is 0 Å². The van der Waals surface area contributed by atoms with E-state index >= 15 is 0 Å². The predicted molar refractivity (Wildman–Crippen MR) is 86.5 cm³/mol. The van der Waals surface area contributed by atoms with Gasteiger partial charge in [-0.2, -0.15) is 4.98 Å². The molecule has 0 aliphatic carbocycles. The molecule has 21 heavy (non-hydrogen) atoms. The zero-order valence-electron chi connectivity index (χ0n) is 12.3. The highest BCUT2D eigenvalue weighted by Gasteiger charge is 2.20. The van der Waals surface area contributed by atoms with Crippen LogP contribution in [0, 0.1) is 0 Å². The molecule has 1 aromatic heterocycles. The van der Waals surface area contributed by atoms with Crippen molar-refractivity contribution >= 4 is 22.4 Å². The lowest BCUT2D eigenvalue weighted by Crippen LogP contribution is -2.17. The van der Waals surface area contributed by atoms with Crippen LogP contribution in [0.1, 0.15) is 26.6 Å². The minimum Gasteiger partial charge on any atom is -0.212 e. The van der Waals surface area contributed by atoms with E-state index in [9.17, 15) is 0 Å². The number of hydrogen-bond donors (Lipinski definition) is 0. The van der Waals surface area contributed by atoms with Crippen molar-refractivity contribution in [3.05, 3.63) is 53.6 Å². The Balaban J connectivity index is 2.16. The Labute approximate surface area is 129 Å². The van der Waals surface area contributed by atoms with Crippen molar-refractivity contribution < 1.29 is 0 Å². The van der Waals surface area contributed by atoms with E-state index < -0.39 is 0 Å². The minimum absolute atomic E-state index is 0.168. The molecule has 0 bridgehead atoms. The van der Waals surface area contributed by atoms with Gasteiger partial charge in [0.2, 0.25) is 5.28 Å². The lowest BCUT2D eigenvalue weighted by atomic mass is 9.96. The summed E-state index contributed by atoms with van der Waals surface area (Å²) in [5, 5.41) is 2.58. The summed E-state index contributed by atoms with van der Waals surface area (Å²) >= 11 is 6.06. The fourth-order valence-electron chi connectivity index (χ4n) is 2.14. The van der Waals surface area contributed by atoms with Crippen LogP contribution >= 0.6 is 11.6 Å². The van der Waals surface area contributed by atoms with Crippen LogP contribution in [-0.2, 0) is 5.41 Å². The van der Waals surface area contributed by atoms with Gasteiger partial charge in [0.25, 0.3) is 0 Å². The van der Waals surface area contributed by atoms with Gasteiger partial charge in [-0.1, -0.05) is 57.2 Å². The third-order valence-corrected chi connectivity index (χ3v) is 3.46. The van der Waals surface area contributed by atoms with E-state index in [1.54, 1.807) is 0 Å². The van der Waals surface area contributed by atoms with Gasteiger partial charge in [-0.15, -0.1) is 0 Å². The van der Waals surface area contributed by atoms with Crippen molar-refractivity contribution in [3.8, 4) is 11.4 Å². The summed E-state index contributed by atoms with van der Waals surface area (Å²) in [7, 11) is 0. The van der Waals surface area contributed by atoms with Crippen molar-refractivity contribution in [1.82, 2.24) is 15.0 Å². The standard InChI is InChI=1S/C17H16ClN3/c1-17(2,3)15-19-14(20-16(18)21-15)13-9-8-11-6-4-5-7-12(11)10-13/h4-10H,1-3H3. The number of fused-ring (bicyclic) bond motifs is 1. The Kier molecular flexibility index (Phi) is 3.38. The summed E-state index contributed by atoms with van der Waals surface area (Å²) in [5.41, 5.74) is 0.779. The van der Waals surface area contributed by atoms with Crippen LogP contribution in [0.2, 0.25) is 5.28 Å². The van der Waals surface area contributed by atoms with Gasteiger partial charge in [0.05, 0.1) is 0 Å². The van der Waals surface area contributed by atoms with E-state index in [4.69, 9.17) is 11.6 Å². The molecule has 0 unspecified atom stereocenters. The Hall–Kier alpha value is -2.00. The second-order valence-corrected chi connectivity index (χ2v) is 6.40. The Morgan fingerprint density at radius 1 is 0.857 bits per heavy atom. The van der Waals surface area contributed by atoms with Crippen LogP contribution < -0.4 is 0 Å². The third-order valence-electron chi connectivity index (χ3n) is 3.29. The first-order valence-electron chi connectivity index (χ1n) is 6.85. The molecule has 0 amide bonds. The van der Waals surface area contributed by atoms with Crippen LogP contribution in [-0.4, -0.2) is 15.0 Å². The zero-order valence-corrected chi connectivity index (χ0v) is 13.0. The van der Waals surface area contributed by atoms with Crippen LogP contribution in [0.15, 0.2) is 42.5 Å². The molecule has 0 spiro atoms. The third kappa shape index (κ3) is 2.88. The topological polar surface area (TPSA) is 38.7 Å². The van der Waals surface area contributed by atoms with Gasteiger partial charge < -0.3 is 0 Å². The number of hydrogen-bond acceptors (Lipinski definition) is 3. The first-order valence-corrected chi connectivity index (χ1v) is 7.22. The van der Waals surface area contributed by atoms with Gasteiger partial charge in [-0.05, 0) is 28.4 Å². The maximum atomic E-state index is 6.06. The second kappa shape index (κ2) is 5.08. The molecule has 106 valence electrons.